The number of allylic oxidation sites excluding steroid dienone is 4. The second-order valence-corrected chi connectivity index (χ2v) is 4.15. The van der Waals surface area contributed by atoms with Crippen molar-refractivity contribution in [3.05, 3.63) is 22.8 Å². The van der Waals surface area contributed by atoms with Gasteiger partial charge < -0.3 is 0 Å². The van der Waals surface area contributed by atoms with Crippen LogP contribution in [0, 0.1) is 12.0 Å². The van der Waals surface area contributed by atoms with Gasteiger partial charge in [-0.2, -0.15) is 11.1 Å². The molecule has 0 bridgehead atoms. The van der Waals surface area contributed by atoms with Gasteiger partial charge in [-0.15, -0.1) is 0 Å². The second-order valence-electron chi connectivity index (χ2n) is 4.15. The van der Waals surface area contributed by atoms with Gasteiger partial charge in [0.25, 0.3) is 0 Å². The first-order valence-electron chi connectivity index (χ1n) is 5.71. The SMILES string of the molecule is CCC1=[C-]C(CC)C2=C1CCCC2.[Ti]. The zero-order valence-corrected chi connectivity index (χ0v) is 10.9. The Balaban J connectivity index is 0.000000980. The summed E-state index contributed by atoms with van der Waals surface area (Å²) in [6.07, 6.45) is 11.6. The number of rotatable bonds is 2. The van der Waals surface area contributed by atoms with Gasteiger partial charge in [0.2, 0.25) is 0 Å². The molecule has 0 aliphatic heterocycles. The van der Waals surface area contributed by atoms with E-state index < -0.39 is 0 Å². The molecule has 0 aromatic rings. The summed E-state index contributed by atoms with van der Waals surface area (Å²) in [5.74, 6) is 0.685. The maximum Gasteiger partial charge on any atom is 0 e. The van der Waals surface area contributed by atoms with E-state index >= 15 is 0 Å². The molecule has 0 N–H and O–H groups in total. The molecule has 0 nitrogen and oxygen atoms in total. The van der Waals surface area contributed by atoms with Crippen molar-refractivity contribution < 1.29 is 21.7 Å². The van der Waals surface area contributed by atoms with Gasteiger partial charge >= 0.3 is 0 Å². The van der Waals surface area contributed by atoms with E-state index in [0.717, 1.165) is 0 Å². The van der Waals surface area contributed by atoms with Crippen molar-refractivity contribution in [3.63, 3.8) is 0 Å². The normalized spacial score (nSPS) is 25.6. The smallest absolute Gasteiger partial charge is 0 e. The summed E-state index contributed by atoms with van der Waals surface area (Å²) in [6.45, 7) is 4.55. The quantitative estimate of drug-likeness (QED) is 0.489. The Morgan fingerprint density at radius 3 is 2.57 bits per heavy atom. The van der Waals surface area contributed by atoms with Gasteiger partial charge in [0.05, 0.1) is 0 Å². The molecule has 0 aromatic carbocycles. The van der Waals surface area contributed by atoms with Gasteiger partial charge in [-0.05, 0) is 6.42 Å². The summed E-state index contributed by atoms with van der Waals surface area (Å²) in [6, 6.07) is 0. The molecule has 2 rings (SSSR count). The Kier molecular flexibility index (Phi) is 4.67. The second kappa shape index (κ2) is 5.33. The first-order chi connectivity index (χ1) is 6.36. The minimum absolute atomic E-state index is 0. The molecule has 0 amide bonds. The van der Waals surface area contributed by atoms with E-state index in [1.165, 1.54) is 38.5 Å². The molecule has 1 unspecified atom stereocenters. The molecule has 76 valence electrons. The molecule has 2 aliphatic rings. The molecule has 2 aliphatic carbocycles. The first-order valence-corrected chi connectivity index (χ1v) is 5.71. The van der Waals surface area contributed by atoms with E-state index in [1.54, 1.807) is 16.7 Å². The predicted molar refractivity (Wildman–Crippen MR) is 56.3 cm³/mol. The van der Waals surface area contributed by atoms with Gasteiger partial charge in [-0.25, -0.2) is 5.57 Å². The average molecular weight is 223 g/mol. The summed E-state index contributed by atoms with van der Waals surface area (Å²) in [5, 5.41) is 0. The molecular formula is C13H19Ti-. The van der Waals surface area contributed by atoms with E-state index in [1.807, 2.05) is 0 Å². The molecular weight excluding hydrogens is 204 g/mol. The third-order valence-corrected chi connectivity index (χ3v) is 3.41. The molecule has 0 fully saturated rings. The largest absolute Gasteiger partial charge is 0.266 e. The van der Waals surface area contributed by atoms with Crippen LogP contribution in [0.1, 0.15) is 52.4 Å². The molecule has 0 spiro atoms. The Morgan fingerprint density at radius 2 is 1.93 bits per heavy atom. The number of hydrogen-bond donors (Lipinski definition) is 0. The van der Waals surface area contributed by atoms with E-state index in [0.29, 0.717) is 5.92 Å². The van der Waals surface area contributed by atoms with E-state index in [-0.39, 0.29) is 21.7 Å². The molecule has 0 saturated heterocycles. The van der Waals surface area contributed by atoms with E-state index in [2.05, 4.69) is 19.9 Å². The van der Waals surface area contributed by atoms with Crippen LogP contribution >= 0.6 is 0 Å². The topological polar surface area (TPSA) is 0 Å². The summed E-state index contributed by atoms with van der Waals surface area (Å²) in [7, 11) is 0. The predicted octanol–water partition coefficient (Wildman–Crippen LogP) is 4.03. The van der Waals surface area contributed by atoms with Crippen LogP contribution in [0.3, 0.4) is 0 Å². The fourth-order valence-electron chi connectivity index (χ4n) is 2.71. The van der Waals surface area contributed by atoms with E-state index in [9.17, 15) is 0 Å². The minimum atomic E-state index is 0. The van der Waals surface area contributed by atoms with Gasteiger partial charge in [0.15, 0.2) is 0 Å². The molecule has 1 heteroatoms. The minimum Gasteiger partial charge on any atom is -0.266 e. The fraction of sp³-hybridized carbons (Fsp3) is 0.692. The molecule has 0 radical (unpaired) electrons. The van der Waals surface area contributed by atoms with Crippen LogP contribution in [0.4, 0.5) is 0 Å². The van der Waals surface area contributed by atoms with Crippen LogP contribution in [-0.4, -0.2) is 0 Å². The molecule has 0 heterocycles. The zero-order chi connectivity index (χ0) is 9.26. The standard InChI is InChI=1S/C13H19.Ti/c1-3-10-9-11(4-2)13-8-6-5-7-12(10)13;/h10H,3-8H2,1-2H3;/q-1;. The van der Waals surface area contributed by atoms with Crippen molar-refractivity contribution >= 4 is 0 Å². The van der Waals surface area contributed by atoms with Crippen LogP contribution in [0.2, 0.25) is 0 Å². The van der Waals surface area contributed by atoms with Gasteiger partial charge in [-0.1, -0.05) is 51.9 Å². The molecule has 1 atom stereocenters. The van der Waals surface area contributed by atoms with Crippen LogP contribution in [0.25, 0.3) is 0 Å². The van der Waals surface area contributed by atoms with E-state index in [4.69, 9.17) is 0 Å². The maximum atomic E-state index is 3.67. The Labute approximate surface area is 103 Å². The summed E-state index contributed by atoms with van der Waals surface area (Å²) < 4.78 is 0. The summed E-state index contributed by atoms with van der Waals surface area (Å²) >= 11 is 0. The van der Waals surface area contributed by atoms with Gasteiger partial charge in [0, 0.05) is 21.7 Å². The maximum absolute atomic E-state index is 3.67. The van der Waals surface area contributed by atoms with Crippen LogP contribution in [0.5, 0.6) is 0 Å². The van der Waals surface area contributed by atoms with Crippen molar-refractivity contribution in [2.45, 2.75) is 52.4 Å². The summed E-state index contributed by atoms with van der Waals surface area (Å²) in [4.78, 5) is 0. The van der Waals surface area contributed by atoms with Gasteiger partial charge in [0.1, 0.15) is 0 Å². The number of hydrogen-bond acceptors (Lipinski definition) is 0. The average Bonchev–Trinajstić information content (AvgIpc) is 2.56. The van der Waals surface area contributed by atoms with Crippen LogP contribution in [-0.2, 0) is 21.7 Å². The fourth-order valence-corrected chi connectivity index (χ4v) is 2.71. The van der Waals surface area contributed by atoms with Crippen LogP contribution in [0.15, 0.2) is 16.7 Å². The molecule has 14 heavy (non-hydrogen) atoms. The third kappa shape index (κ3) is 2.07. The van der Waals surface area contributed by atoms with Crippen molar-refractivity contribution in [2.24, 2.45) is 5.92 Å². The van der Waals surface area contributed by atoms with Crippen LogP contribution < -0.4 is 0 Å². The Bertz CT molecular complexity index is 260. The zero-order valence-electron chi connectivity index (χ0n) is 9.32. The monoisotopic (exact) mass is 223 g/mol. The Hall–Kier alpha value is 0.194. The van der Waals surface area contributed by atoms with Crippen molar-refractivity contribution in [1.29, 1.82) is 0 Å². The third-order valence-electron chi connectivity index (χ3n) is 3.41. The summed E-state index contributed by atoms with van der Waals surface area (Å²) in [5.41, 5.74) is 4.98. The van der Waals surface area contributed by atoms with Crippen molar-refractivity contribution in [3.8, 4) is 0 Å². The van der Waals surface area contributed by atoms with Crippen molar-refractivity contribution in [1.82, 2.24) is 0 Å². The van der Waals surface area contributed by atoms with Gasteiger partial charge in [-0.3, -0.25) is 6.08 Å². The van der Waals surface area contributed by atoms with Crippen molar-refractivity contribution in [2.75, 3.05) is 0 Å². The first kappa shape index (κ1) is 12.3. The molecule has 0 aromatic heterocycles. The Morgan fingerprint density at radius 1 is 1.21 bits per heavy atom. The molecule has 0 saturated carbocycles.